The van der Waals surface area contributed by atoms with Gasteiger partial charge < -0.3 is 10.1 Å². The number of nitrogens with one attached hydrogen (secondary N) is 1. The summed E-state index contributed by atoms with van der Waals surface area (Å²) < 4.78 is 5.54. The first kappa shape index (κ1) is 15.5. The molecule has 2 nitrogen and oxygen atoms in total. The number of thioether (sulfide) groups is 1. The SMILES string of the molecule is CCCCOCCSc1ccc(CNCC)cc1. The molecule has 1 rings (SSSR count). The molecule has 18 heavy (non-hydrogen) atoms. The first-order valence-corrected chi connectivity index (χ1v) is 7.85. The fraction of sp³-hybridized carbons (Fsp3) is 0.600. The van der Waals surface area contributed by atoms with Gasteiger partial charge in [0.05, 0.1) is 6.61 Å². The lowest BCUT2D eigenvalue weighted by Crippen LogP contribution is -2.11. The molecule has 0 atom stereocenters. The maximum Gasteiger partial charge on any atom is 0.0560 e. The van der Waals surface area contributed by atoms with Gasteiger partial charge in [0.1, 0.15) is 0 Å². The van der Waals surface area contributed by atoms with Crippen molar-refractivity contribution in [2.24, 2.45) is 0 Å². The lowest BCUT2D eigenvalue weighted by Gasteiger charge is -2.05. The zero-order chi connectivity index (χ0) is 13.1. The highest BCUT2D eigenvalue weighted by Gasteiger charge is 1.96. The molecule has 0 spiro atoms. The van der Waals surface area contributed by atoms with Crippen molar-refractivity contribution >= 4 is 11.8 Å². The van der Waals surface area contributed by atoms with Crippen molar-refractivity contribution in [2.45, 2.75) is 38.1 Å². The first-order valence-electron chi connectivity index (χ1n) is 6.87. The number of ether oxygens (including phenoxy) is 1. The summed E-state index contributed by atoms with van der Waals surface area (Å²) >= 11 is 1.87. The Balaban J connectivity index is 2.14. The van der Waals surface area contributed by atoms with Crippen LogP contribution in [0.1, 0.15) is 32.3 Å². The molecule has 0 saturated heterocycles. The van der Waals surface area contributed by atoms with E-state index in [1.807, 2.05) is 11.8 Å². The van der Waals surface area contributed by atoms with Crippen LogP contribution in [0.4, 0.5) is 0 Å². The van der Waals surface area contributed by atoms with E-state index >= 15 is 0 Å². The van der Waals surface area contributed by atoms with Crippen LogP contribution < -0.4 is 5.32 Å². The van der Waals surface area contributed by atoms with Gasteiger partial charge in [0, 0.05) is 23.8 Å². The molecule has 1 N–H and O–H groups in total. The molecular formula is C15H25NOS. The summed E-state index contributed by atoms with van der Waals surface area (Å²) in [5.41, 5.74) is 1.35. The van der Waals surface area contributed by atoms with Crippen LogP contribution in [0.25, 0.3) is 0 Å². The fourth-order valence-corrected chi connectivity index (χ4v) is 2.31. The molecular weight excluding hydrogens is 242 g/mol. The van der Waals surface area contributed by atoms with Gasteiger partial charge in [-0.05, 0) is 30.7 Å². The smallest absolute Gasteiger partial charge is 0.0560 e. The van der Waals surface area contributed by atoms with E-state index in [0.717, 1.165) is 32.1 Å². The number of hydrogen-bond acceptors (Lipinski definition) is 3. The molecule has 0 aliphatic rings. The van der Waals surface area contributed by atoms with Crippen LogP contribution in [-0.4, -0.2) is 25.5 Å². The van der Waals surface area contributed by atoms with E-state index in [9.17, 15) is 0 Å². The lowest BCUT2D eigenvalue weighted by molar-refractivity contribution is 0.147. The van der Waals surface area contributed by atoms with E-state index in [1.165, 1.54) is 23.3 Å². The van der Waals surface area contributed by atoms with Gasteiger partial charge in [-0.25, -0.2) is 0 Å². The van der Waals surface area contributed by atoms with Gasteiger partial charge in [-0.1, -0.05) is 32.4 Å². The van der Waals surface area contributed by atoms with Gasteiger partial charge in [-0.3, -0.25) is 0 Å². The molecule has 0 aromatic heterocycles. The molecule has 0 aliphatic heterocycles. The third-order valence-electron chi connectivity index (χ3n) is 2.64. The predicted molar refractivity (Wildman–Crippen MR) is 80.3 cm³/mol. The molecule has 102 valence electrons. The minimum atomic E-state index is 0.851. The standard InChI is InChI=1S/C15H25NOS/c1-3-5-10-17-11-12-18-15-8-6-14(7-9-15)13-16-4-2/h6-9,16H,3-5,10-13H2,1-2H3. The zero-order valence-electron chi connectivity index (χ0n) is 11.6. The van der Waals surface area contributed by atoms with Crippen LogP contribution in [0.3, 0.4) is 0 Å². The highest BCUT2D eigenvalue weighted by atomic mass is 32.2. The van der Waals surface area contributed by atoms with Crippen molar-refractivity contribution in [1.29, 1.82) is 0 Å². The molecule has 0 heterocycles. The normalized spacial score (nSPS) is 10.8. The second kappa shape index (κ2) is 10.4. The predicted octanol–water partition coefficient (Wildman–Crippen LogP) is 3.70. The van der Waals surface area contributed by atoms with Crippen LogP contribution in [0.2, 0.25) is 0 Å². The van der Waals surface area contributed by atoms with Crippen LogP contribution in [0.15, 0.2) is 29.2 Å². The fourth-order valence-electron chi connectivity index (χ4n) is 1.54. The minimum absolute atomic E-state index is 0.851. The Labute approximate surface area is 116 Å². The quantitative estimate of drug-likeness (QED) is 0.516. The summed E-state index contributed by atoms with van der Waals surface area (Å²) in [4.78, 5) is 1.33. The van der Waals surface area contributed by atoms with E-state index < -0.39 is 0 Å². The Kier molecular flexibility index (Phi) is 9.00. The molecule has 0 saturated carbocycles. The molecule has 0 unspecified atom stereocenters. The number of benzene rings is 1. The maximum absolute atomic E-state index is 5.54. The average molecular weight is 267 g/mol. The van der Waals surface area contributed by atoms with Crippen molar-refractivity contribution in [1.82, 2.24) is 5.32 Å². The second-order valence-corrected chi connectivity index (χ2v) is 5.41. The first-order chi connectivity index (χ1) is 8.86. The Morgan fingerprint density at radius 3 is 2.56 bits per heavy atom. The van der Waals surface area contributed by atoms with Crippen molar-refractivity contribution in [3.8, 4) is 0 Å². The zero-order valence-corrected chi connectivity index (χ0v) is 12.4. The summed E-state index contributed by atoms with van der Waals surface area (Å²) in [7, 11) is 0. The summed E-state index contributed by atoms with van der Waals surface area (Å²) in [6, 6.07) is 8.79. The number of unbranched alkanes of at least 4 members (excludes halogenated alkanes) is 1. The highest BCUT2D eigenvalue weighted by molar-refractivity contribution is 7.99. The summed E-state index contributed by atoms with van der Waals surface area (Å²) in [6.45, 7) is 8.05. The summed E-state index contributed by atoms with van der Waals surface area (Å²) in [6.07, 6.45) is 2.38. The van der Waals surface area contributed by atoms with Gasteiger partial charge in [0.2, 0.25) is 0 Å². The monoisotopic (exact) mass is 267 g/mol. The van der Waals surface area contributed by atoms with Crippen LogP contribution in [0.5, 0.6) is 0 Å². The second-order valence-electron chi connectivity index (χ2n) is 4.24. The maximum atomic E-state index is 5.54. The summed E-state index contributed by atoms with van der Waals surface area (Å²) in [5.74, 6) is 1.04. The highest BCUT2D eigenvalue weighted by Crippen LogP contribution is 2.18. The molecule has 0 fully saturated rings. The topological polar surface area (TPSA) is 21.3 Å². The lowest BCUT2D eigenvalue weighted by atomic mass is 10.2. The molecule has 1 aromatic rings. The largest absolute Gasteiger partial charge is 0.381 e. The van der Waals surface area contributed by atoms with Crippen molar-refractivity contribution < 1.29 is 4.74 Å². The molecule has 3 heteroatoms. The molecule has 0 aliphatic carbocycles. The number of rotatable bonds is 10. The van der Waals surface area contributed by atoms with Crippen LogP contribution >= 0.6 is 11.8 Å². The van der Waals surface area contributed by atoms with Gasteiger partial charge in [0.25, 0.3) is 0 Å². The van der Waals surface area contributed by atoms with Crippen molar-refractivity contribution in [3.05, 3.63) is 29.8 Å². The van der Waals surface area contributed by atoms with Crippen molar-refractivity contribution in [3.63, 3.8) is 0 Å². The minimum Gasteiger partial charge on any atom is -0.381 e. The molecule has 0 radical (unpaired) electrons. The Hall–Kier alpha value is -0.510. The Morgan fingerprint density at radius 2 is 1.89 bits per heavy atom. The van der Waals surface area contributed by atoms with Crippen molar-refractivity contribution in [2.75, 3.05) is 25.5 Å². The number of hydrogen-bond donors (Lipinski definition) is 1. The Morgan fingerprint density at radius 1 is 1.11 bits per heavy atom. The van der Waals surface area contributed by atoms with Crippen LogP contribution in [-0.2, 0) is 11.3 Å². The van der Waals surface area contributed by atoms with E-state index in [-0.39, 0.29) is 0 Å². The van der Waals surface area contributed by atoms with Gasteiger partial charge in [-0.15, -0.1) is 11.8 Å². The molecule has 0 amide bonds. The van der Waals surface area contributed by atoms with E-state index in [0.29, 0.717) is 0 Å². The summed E-state index contributed by atoms with van der Waals surface area (Å²) in [5, 5.41) is 3.33. The average Bonchev–Trinajstić information content (AvgIpc) is 2.42. The van der Waals surface area contributed by atoms with E-state index in [2.05, 4.69) is 43.4 Å². The van der Waals surface area contributed by atoms with Gasteiger partial charge in [0.15, 0.2) is 0 Å². The van der Waals surface area contributed by atoms with Gasteiger partial charge >= 0.3 is 0 Å². The third-order valence-corrected chi connectivity index (χ3v) is 3.62. The van der Waals surface area contributed by atoms with Gasteiger partial charge in [-0.2, -0.15) is 0 Å². The van der Waals surface area contributed by atoms with E-state index in [4.69, 9.17) is 4.74 Å². The molecule has 1 aromatic carbocycles. The van der Waals surface area contributed by atoms with Crippen LogP contribution in [0, 0.1) is 0 Å². The third kappa shape index (κ3) is 7.04. The Bertz CT molecular complexity index is 300. The van der Waals surface area contributed by atoms with E-state index in [1.54, 1.807) is 0 Å². The molecule has 0 bridgehead atoms.